The van der Waals surface area contributed by atoms with E-state index in [9.17, 15) is 4.79 Å². The minimum atomic E-state index is -0.0416. The lowest BCUT2D eigenvalue weighted by Crippen LogP contribution is -2.46. The van der Waals surface area contributed by atoms with Gasteiger partial charge >= 0.3 is 5.97 Å². The van der Waals surface area contributed by atoms with E-state index in [0.29, 0.717) is 6.61 Å². The summed E-state index contributed by atoms with van der Waals surface area (Å²) >= 11 is 0. The third kappa shape index (κ3) is 5.43. The molecule has 1 aliphatic rings. The van der Waals surface area contributed by atoms with Crippen LogP contribution in [0.15, 0.2) is 60.7 Å². The van der Waals surface area contributed by atoms with Crippen molar-refractivity contribution in [1.82, 2.24) is 0 Å². The number of carbonyl (C=O) groups is 1. The molecule has 2 unspecified atom stereocenters. The average Bonchev–Trinajstić information content (AvgIpc) is 2.66. The second-order valence-corrected chi connectivity index (χ2v) is 6.66. The first-order valence-corrected chi connectivity index (χ1v) is 9.19. The molecule has 0 saturated carbocycles. The highest BCUT2D eigenvalue weighted by Gasteiger charge is 2.41. The monoisotopic (exact) mass is 338 g/mol. The molecule has 0 bridgehead atoms. The molecule has 0 N–H and O–H groups in total. The van der Waals surface area contributed by atoms with Crippen LogP contribution in [0.25, 0.3) is 0 Å². The van der Waals surface area contributed by atoms with E-state index in [2.05, 4.69) is 24.3 Å². The molecular weight excluding hydrogens is 312 g/mol. The summed E-state index contributed by atoms with van der Waals surface area (Å²) in [5.74, 6) is -0.00298. The Morgan fingerprint density at radius 2 is 1.52 bits per heavy atom. The zero-order valence-corrected chi connectivity index (χ0v) is 14.6. The molecule has 1 saturated heterocycles. The van der Waals surface area contributed by atoms with E-state index in [0.717, 1.165) is 38.7 Å². The number of ether oxygens (including phenoxy) is 2. The highest BCUT2D eigenvalue weighted by atomic mass is 16.6. The number of carbonyl (C=O) groups excluding carboxylic acids is 1. The molecule has 2 atom stereocenters. The molecule has 2 aromatic rings. The Morgan fingerprint density at radius 3 is 2.20 bits per heavy atom. The van der Waals surface area contributed by atoms with E-state index in [4.69, 9.17) is 9.47 Å². The SMILES string of the molecule is O=C1OC(CCCCCOCc2ccccc2)C1Cc1ccccc1. The summed E-state index contributed by atoms with van der Waals surface area (Å²) in [6, 6.07) is 20.4. The minimum Gasteiger partial charge on any atom is -0.461 e. The van der Waals surface area contributed by atoms with Crippen LogP contribution in [0.1, 0.15) is 36.8 Å². The molecule has 1 aliphatic heterocycles. The van der Waals surface area contributed by atoms with Crippen molar-refractivity contribution in [1.29, 1.82) is 0 Å². The van der Waals surface area contributed by atoms with Crippen LogP contribution >= 0.6 is 0 Å². The minimum absolute atomic E-state index is 0.0386. The fourth-order valence-electron chi connectivity index (χ4n) is 3.23. The van der Waals surface area contributed by atoms with Crippen LogP contribution < -0.4 is 0 Å². The zero-order valence-electron chi connectivity index (χ0n) is 14.6. The Morgan fingerprint density at radius 1 is 0.840 bits per heavy atom. The predicted molar refractivity (Wildman–Crippen MR) is 98.1 cm³/mol. The van der Waals surface area contributed by atoms with Gasteiger partial charge in [0.05, 0.1) is 12.5 Å². The van der Waals surface area contributed by atoms with Gasteiger partial charge in [-0.1, -0.05) is 67.1 Å². The number of rotatable bonds is 10. The molecule has 0 radical (unpaired) electrons. The van der Waals surface area contributed by atoms with E-state index in [1.54, 1.807) is 0 Å². The maximum atomic E-state index is 11.7. The third-order valence-electron chi connectivity index (χ3n) is 4.71. The van der Waals surface area contributed by atoms with Crippen molar-refractivity contribution in [3.63, 3.8) is 0 Å². The molecule has 25 heavy (non-hydrogen) atoms. The molecule has 3 rings (SSSR count). The first-order valence-electron chi connectivity index (χ1n) is 9.19. The third-order valence-corrected chi connectivity index (χ3v) is 4.71. The fourth-order valence-corrected chi connectivity index (χ4v) is 3.23. The van der Waals surface area contributed by atoms with Gasteiger partial charge in [-0.05, 0) is 36.8 Å². The standard InChI is InChI=1S/C22H26O3/c23-22-20(16-18-10-4-1-5-11-18)21(25-22)14-8-3-9-15-24-17-19-12-6-2-7-13-19/h1-2,4-7,10-13,20-21H,3,8-9,14-17H2. The maximum Gasteiger partial charge on any atom is 0.313 e. The van der Waals surface area contributed by atoms with Crippen molar-refractivity contribution in [2.45, 2.75) is 44.8 Å². The normalized spacial score (nSPS) is 19.3. The van der Waals surface area contributed by atoms with E-state index >= 15 is 0 Å². The summed E-state index contributed by atoms with van der Waals surface area (Å²) in [6.07, 6.45) is 5.10. The molecule has 0 aromatic heterocycles. The summed E-state index contributed by atoms with van der Waals surface area (Å²) in [6.45, 7) is 1.47. The van der Waals surface area contributed by atoms with Crippen LogP contribution in [0.5, 0.6) is 0 Å². The highest BCUT2D eigenvalue weighted by molar-refractivity contribution is 5.78. The molecule has 3 nitrogen and oxygen atoms in total. The van der Waals surface area contributed by atoms with Gasteiger partial charge in [-0.2, -0.15) is 0 Å². The second-order valence-electron chi connectivity index (χ2n) is 6.66. The first-order chi connectivity index (χ1) is 12.3. The summed E-state index contributed by atoms with van der Waals surface area (Å²) < 4.78 is 11.0. The zero-order chi connectivity index (χ0) is 17.3. The number of hydrogen-bond acceptors (Lipinski definition) is 3. The number of benzene rings is 2. The van der Waals surface area contributed by atoms with Gasteiger partial charge in [-0.25, -0.2) is 0 Å². The molecule has 0 spiro atoms. The molecule has 1 heterocycles. The molecular formula is C22H26O3. The van der Waals surface area contributed by atoms with Gasteiger partial charge in [0.15, 0.2) is 0 Å². The molecule has 0 aliphatic carbocycles. The number of unbranched alkanes of at least 4 members (excludes halogenated alkanes) is 2. The highest BCUT2D eigenvalue weighted by Crippen LogP contribution is 2.30. The average molecular weight is 338 g/mol. The van der Waals surface area contributed by atoms with Crippen molar-refractivity contribution in [3.05, 3.63) is 71.8 Å². The van der Waals surface area contributed by atoms with E-state index in [1.165, 1.54) is 11.1 Å². The largest absolute Gasteiger partial charge is 0.461 e. The molecule has 0 amide bonds. The lowest BCUT2D eigenvalue weighted by molar-refractivity contribution is -0.185. The van der Waals surface area contributed by atoms with Crippen molar-refractivity contribution in [3.8, 4) is 0 Å². The van der Waals surface area contributed by atoms with Gasteiger partial charge in [0.2, 0.25) is 0 Å². The van der Waals surface area contributed by atoms with Crippen molar-refractivity contribution >= 4 is 5.97 Å². The van der Waals surface area contributed by atoms with Crippen LogP contribution in [-0.2, 0) is 27.3 Å². The Hall–Kier alpha value is -2.13. The predicted octanol–water partition coefficient (Wildman–Crippen LogP) is 4.55. The van der Waals surface area contributed by atoms with Gasteiger partial charge in [-0.15, -0.1) is 0 Å². The van der Waals surface area contributed by atoms with Crippen LogP contribution in [0.3, 0.4) is 0 Å². The van der Waals surface area contributed by atoms with Crippen LogP contribution in [-0.4, -0.2) is 18.7 Å². The van der Waals surface area contributed by atoms with Gasteiger partial charge in [0.25, 0.3) is 0 Å². The van der Waals surface area contributed by atoms with E-state index in [-0.39, 0.29) is 18.0 Å². The van der Waals surface area contributed by atoms with Crippen LogP contribution in [0.4, 0.5) is 0 Å². The van der Waals surface area contributed by atoms with Crippen LogP contribution in [0.2, 0.25) is 0 Å². The lowest BCUT2D eigenvalue weighted by Gasteiger charge is -2.35. The van der Waals surface area contributed by atoms with Crippen molar-refractivity contribution < 1.29 is 14.3 Å². The molecule has 2 aromatic carbocycles. The number of hydrogen-bond donors (Lipinski definition) is 0. The fraction of sp³-hybridized carbons (Fsp3) is 0.409. The smallest absolute Gasteiger partial charge is 0.313 e. The molecule has 132 valence electrons. The Kier molecular flexibility index (Phi) is 6.63. The Bertz CT molecular complexity index is 639. The summed E-state index contributed by atoms with van der Waals surface area (Å²) in [5.41, 5.74) is 2.43. The Labute approximate surface area is 150 Å². The summed E-state index contributed by atoms with van der Waals surface area (Å²) in [7, 11) is 0. The Balaban J connectivity index is 1.27. The summed E-state index contributed by atoms with van der Waals surface area (Å²) in [5, 5.41) is 0. The topological polar surface area (TPSA) is 35.5 Å². The lowest BCUT2D eigenvalue weighted by atomic mass is 9.87. The van der Waals surface area contributed by atoms with E-state index < -0.39 is 0 Å². The number of cyclic esters (lactones) is 1. The van der Waals surface area contributed by atoms with Gasteiger partial charge < -0.3 is 9.47 Å². The van der Waals surface area contributed by atoms with E-state index in [1.807, 2.05) is 36.4 Å². The molecule has 3 heteroatoms. The first kappa shape index (κ1) is 17.7. The van der Waals surface area contributed by atoms with Crippen molar-refractivity contribution in [2.75, 3.05) is 6.61 Å². The van der Waals surface area contributed by atoms with Crippen LogP contribution in [0, 0.1) is 5.92 Å². The quantitative estimate of drug-likeness (QED) is 0.471. The maximum absolute atomic E-state index is 11.7. The van der Waals surface area contributed by atoms with Gasteiger partial charge in [0, 0.05) is 6.61 Å². The van der Waals surface area contributed by atoms with Gasteiger partial charge in [0.1, 0.15) is 6.10 Å². The second kappa shape index (κ2) is 9.38. The van der Waals surface area contributed by atoms with Gasteiger partial charge in [-0.3, -0.25) is 4.79 Å². The molecule has 1 fully saturated rings. The number of esters is 1. The summed E-state index contributed by atoms with van der Waals surface area (Å²) in [4.78, 5) is 11.7. The van der Waals surface area contributed by atoms with Crippen molar-refractivity contribution in [2.24, 2.45) is 5.92 Å².